The van der Waals surface area contributed by atoms with Crippen LogP contribution < -0.4 is 10.0 Å². The highest BCUT2D eigenvalue weighted by Crippen LogP contribution is 2.28. The van der Waals surface area contributed by atoms with E-state index in [1.807, 2.05) is 0 Å². The zero-order valence-electron chi connectivity index (χ0n) is 12.3. The fourth-order valence-corrected chi connectivity index (χ4v) is 4.95. The Morgan fingerprint density at radius 2 is 1.91 bits per heavy atom. The minimum atomic E-state index is -3.75. The van der Waals surface area contributed by atoms with E-state index in [1.54, 1.807) is 6.92 Å². The fourth-order valence-electron chi connectivity index (χ4n) is 3.43. The zero-order chi connectivity index (χ0) is 15.9. The van der Waals surface area contributed by atoms with Crippen molar-refractivity contribution in [2.75, 3.05) is 0 Å². The molecule has 0 amide bonds. The molecule has 2 atom stereocenters. The molecular formula is C14H19N3O4S. The Morgan fingerprint density at radius 3 is 2.50 bits per heavy atom. The first kappa shape index (κ1) is 15.4. The maximum absolute atomic E-state index is 12.6. The molecule has 0 saturated carbocycles. The minimum Gasteiger partial charge on any atom is -0.311 e. The van der Waals surface area contributed by atoms with Crippen LogP contribution in [0.4, 0.5) is 5.69 Å². The van der Waals surface area contributed by atoms with Gasteiger partial charge in [0.2, 0.25) is 10.0 Å². The molecule has 2 heterocycles. The first-order valence-electron chi connectivity index (χ1n) is 7.38. The van der Waals surface area contributed by atoms with Crippen molar-refractivity contribution in [3.8, 4) is 0 Å². The van der Waals surface area contributed by atoms with Gasteiger partial charge in [0, 0.05) is 30.3 Å². The summed E-state index contributed by atoms with van der Waals surface area (Å²) in [5.41, 5.74) is 0.298. The summed E-state index contributed by atoms with van der Waals surface area (Å²) in [5, 5.41) is 14.3. The van der Waals surface area contributed by atoms with Crippen molar-refractivity contribution < 1.29 is 13.3 Å². The Balaban J connectivity index is 1.83. The van der Waals surface area contributed by atoms with E-state index in [4.69, 9.17) is 0 Å². The molecule has 2 fully saturated rings. The lowest BCUT2D eigenvalue weighted by molar-refractivity contribution is -0.385. The van der Waals surface area contributed by atoms with Crippen LogP contribution in [0.15, 0.2) is 23.1 Å². The average molecular weight is 325 g/mol. The largest absolute Gasteiger partial charge is 0.311 e. The molecule has 3 rings (SSSR count). The molecule has 7 nitrogen and oxygen atoms in total. The minimum absolute atomic E-state index is 0.00687. The number of sulfonamides is 1. The van der Waals surface area contributed by atoms with Gasteiger partial charge in [-0.3, -0.25) is 10.1 Å². The number of hydrogen-bond donors (Lipinski definition) is 2. The Kier molecular flexibility index (Phi) is 3.92. The van der Waals surface area contributed by atoms with Crippen molar-refractivity contribution in [3.63, 3.8) is 0 Å². The topological polar surface area (TPSA) is 101 Å². The van der Waals surface area contributed by atoms with Crippen molar-refractivity contribution in [2.24, 2.45) is 0 Å². The number of rotatable bonds is 4. The van der Waals surface area contributed by atoms with Crippen LogP contribution >= 0.6 is 0 Å². The molecule has 120 valence electrons. The molecule has 22 heavy (non-hydrogen) atoms. The first-order chi connectivity index (χ1) is 10.3. The SMILES string of the molecule is Cc1ccc([N+](=O)[O-])cc1S(=O)(=O)NC1CC2CCC(C1)N2. The first-order valence-corrected chi connectivity index (χ1v) is 8.87. The lowest BCUT2D eigenvalue weighted by Crippen LogP contribution is -2.48. The number of nitro groups is 1. The fraction of sp³-hybridized carbons (Fsp3) is 0.571. The van der Waals surface area contributed by atoms with E-state index >= 15 is 0 Å². The molecule has 2 saturated heterocycles. The van der Waals surface area contributed by atoms with E-state index in [2.05, 4.69) is 10.0 Å². The Hall–Kier alpha value is -1.51. The summed E-state index contributed by atoms with van der Waals surface area (Å²) in [6.07, 6.45) is 3.70. The molecule has 0 aromatic heterocycles. The van der Waals surface area contributed by atoms with Crippen molar-refractivity contribution >= 4 is 15.7 Å². The molecular weight excluding hydrogens is 306 g/mol. The van der Waals surface area contributed by atoms with Crippen molar-refractivity contribution in [2.45, 2.75) is 55.6 Å². The van der Waals surface area contributed by atoms with Crippen molar-refractivity contribution in [1.29, 1.82) is 0 Å². The van der Waals surface area contributed by atoms with Gasteiger partial charge in [0.1, 0.15) is 0 Å². The van der Waals surface area contributed by atoms with E-state index in [0.717, 1.165) is 31.7 Å². The highest BCUT2D eigenvalue weighted by Gasteiger charge is 2.35. The van der Waals surface area contributed by atoms with Crippen LogP contribution in [-0.2, 0) is 10.0 Å². The summed E-state index contributed by atoms with van der Waals surface area (Å²) in [5.74, 6) is 0. The molecule has 8 heteroatoms. The Bertz CT molecular complexity index is 692. The number of piperidine rings is 1. The second-order valence-corrected chi connectivity index (χ2v) is 7.82. The molecule has 2 unspecified atom stereocenters. The summed E-state index contributed by atoms with van der Waals surface area (Å²) in [6, 6.07) is 4.56. The van der Waals surface area contributed by atoms with Gasteiger partial charge in [0.15, 0.2) is 0 Å². The van der Waals surface area contributed by atoms with E-state index in [1.165, 1.54) is 12.1 Å². The summed E-state index contributed by atoms with van der Waals surface area (Å²) in [4.78, 5) is 10.3. The zero-order valence-corrected chi connectivity index (χ0v) is 13.1. The maximum atomic E-state index is 12.6. The van der Waals surface area contributed by atoms with E-state index < -0.39 is 14.9 Å². The van der Waals surface area contributed by atoms with E-state index in [0.29, 0.717) is 17.6 Å². The molecule has 2 N–H and O–H groups in total. The van der Waals surface area contributed by atoms with Gasteiger partial charge in [-0.25, -0.2) is 13.1 Å². The Labute approximate surface area is 129 Å². The average Bonchev–Trinajstić information content (AvgIpc) is 2.77. The van der Waals surface area contributed by atoms with Crippen LogP contribution in [0.3, 0.4) is 0 Å². The number of non-ortho nitro benzene ring substituents is 1. The number of nitrogens with zero attached hydrogens (tertiary/aromatic N) is 1. The third-order valence-electron chi connectivity index (χ3n) is 4.47. The van der Waals surface area contributed by atoms with Gasteiger partial charge in [0.25, 0.3) is 5.69 Å². The number of nitro benzene ring substituents is 1. The standard InChI is InChI=1S/C14H19N3O4S/c1-9-2-5-13(17(18)19)8-14(9)22(20,21)16-12-6-10-3-4-11(7-12)15-10/h2,5,8,10-12,15-16H,3-4,6-7H2,1H3. The molecule has 0 spiro atoms. The predicted octanol–water partition coefficient (Wildman–Crippen LogP) is 1.46. The summed E-state index contributed by atoms with van der Waals surface area (Å²) in [7, 11) is -3.75. The lowest BCUT2D eigenvalue weighted by Gasteiger charge is -2.29. The van der Waals surface area contributed by atoms with Crippen LogP contribution in [0.25, 0.3) is 0 Å². The lowest BCUT2D eigenvalue weighted by atomic mass is 10.0. The predicted molar refractivity (Wildman–Crippen MR) is 81.1 cm³/mol. The Morgan fingerprint density at radius 1 is 1.27 bits per heavy atom. The monoisotopic (exact) mass is 325 g/mol. The van der Waals surface area contributed by atoms with Gasteiger partial charge in [0.05, 0.1) is 9.82 Å². The smallest absolute Gasteiger partial charge is 0.270 e. The molecule has 2 bridgehead atoms. The third kappa shape index (κ3) is 2.99. The van der Waals surface area contributed by atoms with Crippen LogP contribution in [0, 0.1) is 17.0 Å². The maximum Gasteiger partial charge on any atom is 0.270 e. The van der Waals surface area contributed by atoms with E-state index in [-0.39, 0.29) is 16.6 Å². The molecule has 2 aliphatic heterocycles. The van der Waals surface area contributed by atoms with Gasteiger partial charge in [-0.1, -0.05) is 6.07 Å². The van der Waals surface area contributed by atoms with E-state index in [9.17, 15) is 18.5 Å². The quantitative estimate of drug-likeness (QED) is 0.645. The number of aryl methyl sites for hydroxylation is 1. The highest BCUT2D eigenvalue weighted by atomic mass is 32.2. The van der Waals surface area contributed by atoms with Gasteiger partial charge >= 0.3 is 0 Å². The second kappa shape index (κ2) is 5.60. The summed E-state index contributed by atoms with van der Waals surface area (Å²) >= 11 is 0. The summed E-state index contributed by atoms with van der Waals surface area (Å²) in [6.45, 7) is 1.64. The normalized spacial score (nSPS) is 27.8. The third-order valence-corrected chi connectivity index (χ3v) is 6.13. The molecule has 1 aromatic rings. The molecule has 0 aliphatic carbocycles. The van der Waals surface area contributed by atoms with Crippen LogP contribution in [0.5, 0.6) is 0 Å². The van der Waals surface area contributed by atoms with Crippen LogP contribution in [0.1, 0.15) is 31.2 Å². The van der Waals surface area contributed by atoms with Gasteiger partial charge in [-0.2, -0.15) is 0 Å². The number of benzene rings is 1. The highest BCUT2D eigenvalue weighted by molar-refractivity contribution is 7.89. The molecule has 2 aliphatic rings. The van der Waals surface area contributed by atoms with Gasteiger partial charge in [-0.15, -0.1) is 0 Å². The van der Waals surface area contributed by atoms with Crippen LogP contribution in [-0.4, -0.2) is 31.5 Å². The van der Waals surface area contributed by atoms with Gasteiger partial charge in [-0.05, 0) is 38.2 Å². The number of nitrogens with one attached hydrogen (secondary N) is 2. The number of hydrogen-bond acceptors (Lipinski definition) is 5. The molecule has 0 radical (unpaired) electrons. The number of fused-ring (bicyclic) bond motifs is 2. The summed E-state index contributed by atoms with van der Waals surface area (Å²) < 4.78 is 27.9. The second-order valence-electron chi connectivity index (χ2n) is 6.13. The van der Waals surface area contributed by atoms with Crippen molar-refractivity contribution in [1.82, 2.24) is 10.0 Å². The van der Waals surface area contributed by atoms with Crippen molar-refractivity contribution in [3.05, 3.63) is 33.9 Å². The van der Waals surface area contributed by atoms with Crippen LogP contribution in [0.2, 0.25) is 0 Å². The molecule has 1 aromatic carbocycles. The van der Waals surface area contributed by atoms with Gasteiger partial charge < -0.3 is 5.32 Å².